The molecule has 2 heterocycles. The molecule has 3 N–H and O–H groups in total. The van der Waals surface area contributed by atoms with Crippen LogP contribution in [0.2, 0.25) is 0 Å². The molecule has 2 aromatic carbocycles. The maximum atomic E-state index is 13.1. The lowest BCUT2D eigenvalue weighted by Gasteiger charge is -2.31. The second-order valence-corrected chi connectivity index (χ2v) is 8.62. The summed E-state index contributed by atoms with van der Waals surface area (Å²) in [5.41, 5.74) is 0.899. The van der Waals surface area contributed by atoms with Crippen LogP contribution in [0.25, 0.3) is 11.0 Å². The number of rotatable bonds is 5. The Morgan fingerprint density at radius 2 is 2.03 bits per heavy atom. The van der Waals surface area contributed by atoms with E-state index in [1.807, 2.05) is 0 Å². The minimum Gasteiger partial charge on any atom is -0.508 e. The predicted molar refractivity (Wildman–Crippen MR) is 116 cm³/mol. The number of likely N-dealkylation sites (tertiary alicyclic amines) is 1. The number of phenols is 1. The second kappa shape index (κ2) is 8.67. The van der Waals surface area contributed by atoms with Crippen LogP contribution < -0.4 is 5.32 Å². The number of piperidine rings is 1. The molecule has 0 bridgehead atoms. The van der Waals surface area contributed by atoms with E-state index in [9.17, 15) is 23.4 Å². The number of aromatic hydroxyl groups is 1. The van der Waals surface area contributed by atoms with Gasteiger partial charge in [-0.2, -0.15) is 13.2 Å². The molecule has 2 atom stereocenters. The Balaban J connectivity index is 1.69. The number of anilines is 1. The van der Waals surface area contributed by atoms with Gasteiger partial charge in [0.05, 0.1) is 11.1 Å². The summed E-state index contributed by atoms with van der Waals surface area (Å²) in [4.78, 5) is 2.27. The summed E-state index contributed by atoms with van der Waals surface area (Å²) >= 11 is 0. The van der Waals surface area contributed by atoms with Crippen molar-refractivity contribution in [1.29, 1.82) is 0 Å². The van der Waals surface area contributed by atoms with Gasteiger partial charge in [0.25, 0.3) is 0 Å². The number of nitrogens with one attached hydrogen (secondary N) is 1. The molecule has 1 aromatic heterocycles. The number of nitrogens with zero attached hydrogens (tertiary/aromatic N) is 1. The number of hydrogen-bond donors (Lipinski definition) is 3. The Bertz CT molecular complexity index is 1110. The highest BCUT2D eigenvalue weighted by atomic mass is 19.4. The molecule has 4 rings (SSSR count). The lowest BCUT2D eigenvalue weighted by molar-refractivity contribution is -0.137. The molecule has 0 radical (unpaired) electrons. The van der Waals surface area contributed by atoms with Gasteiger partial charge in [0, 0.05) is 29.7 Å². The number of aliphatic hydroxyl groups is 1. The van der Waals surface area contributed by atoms with E-state index in [0.29, 0.717) is 40.3 Å². The van der Waals surface area contributed by atoms with Crippen molar-refractivity contribution in [2.75, 3.05) is 18.4 Å². The first-order valence-corrected chi connectivity index (χ1v) is 10.7. The Kier molecular flexibility index (Phi) is 6.09. The molecule has 1 fully saturated rings. The van der Waals surface area contributed by atoms with Crippen molar-refractivity contribution in [3.8, 4) is 5.75 Å². The van der Waals surface area contributed by atoms with Gasteiger partial charge in [-0.15, -0.1) is 0 Å². The number of fused-ring (bicyclic) bond motifs is 1. The SMILES string of the molecule is Cc1oc2ccc(O)c(CN3CCC[C@@H](C)C3)c2c1C(O)Nc1cccc(C(F)(F)F)c1. The van der Waals surface area contributed by atoms with Crippen LogP contribution in [0, 0.1) is 12.8 Å². The van der Waals surface area contributed by atoms with Crippen LogP contribution in [0.4, 0.5) is 18.9 Å². The van der Waals surface area contributed by atoms with Gasteiger partial charge in [-0.25, -0.2) is 0 Å². The molecule has 1 aliphatic heterocycles. The Labute approximate surface area is 184 Å². The van der Waals surface area contributed by atoms with E-state index < -0.39 is 18.0 Å². The fourth-order valence-corrected chi connectivity index (χ4v) is 4.55. The topological polar surface area (TPSA) is 68.9 Å². The van der Waals surface area contributed by atoms with Crippen LogP contribution in [-0.4, -0.2) is 28.2 Å². The summed E-state index contributed by atoms with van der Waals surface area (Å²) in [5, 5.41) is 24.9. The lowest BCUT2D eigenvalue weighted by Crippen LogP contribution is -2.33. The van der Waals surface area contributed by atoms with E-state index in [2.05, 4.69) is 17.1 Å². The number of benzene rings is 2. The Hall–Kier alpha value is -2.71. The van der Waals surface area contributed by atoms with E-state index in [1.54, 1.807) is 19.1 Å². The third-order valence-corrected chi connectivity index (χ3v) is 6.05. The monoisotopic (exact) mass is 448 g/mol. The zero-order valence-electron chi connectivity index (χ0n) is 18.0. The normalized spacial score (nSPS) is 18.8. The molecule has 0 amide bonds. The molecule has 32 heavy (non-hydrogen) atoms. The molecule has 0 spiro atoms. The fraction of sp³-hybridized carbons (Fsp3) is 0.417. The van der Waals surface area contributed by atoms with Crippen molar-refractivity contribution in [3.05, 3.63) is 58.8 Å². The summed E-state index contributed by atoms with van der Waals surface area (Å²) in [6.07, 6.45) is -3.55. The average Bonchev–Trinajstić information content (AvgIpc) is 3.06. The zero-order chi connectivity index (χ0) is 23.0. The highest BCUT2D eigenvalue weighted by Gasteiger charge is 2.31. The summed E-state index contributed by atoms with van der Waals surface area (Å²) in [6, 6.07) is 7.89. The standard InChI is InChI=1S/C24H27F3N2O3/c1-14-5-4-10-29(12-14)13-18-19(30)8-9-20-22(18)21(15(2)32-20)23(31)28-17-7-3-6-16(11-17)24(25,26)27/h3,6-9,11,14,23,28,30-31H,4-5,10,12-13H2,1-2H3/t14-,23?/m1/s1. The fourth-order valence-electron chi connectivity index (χ4n) is 4.55. The number of aliphatic hydroxyl groups excluding tert-OH is 1. The van der Waals surface area contributed by atoms with Crippen molar-refractivity contribution in [2.24, 2.45) is 5.92 Å². The average molecular weight is 448 g/mol. The van der Waals surface area contributed by atoms with Gasteiger partial charge in [-0.1, -0.05) is 13.0 Å². The molecule has 8 heteroatoms. The van der Waals surface area contributed by atoms with E-state index in [4.69, 9.17) is 4.42 Å². The van der Waals surface area contributed by atoms with E-state index in [-0.39, 0.29) is 11.4 Å². The number of alkyl halides is 3. The summed E-state index contributed by atoms with van der Waals surface area (Å²) in [7, 11) is 0. The Morgan fingerprint density at radius 3 is 2.75 bits per heavy atom. The molecule has 1 unspecified atom stereocenters. The smallest absolute Gasteiger partial charge is 0.416 e. The van der Waals surface area contributed by atoms with Gasteiger partial charge in [0.2, 0.25) is 0 Å². The number of halogens is 3. The first-order valence-electron chi connectivity index (χ1n) is 10.7. The lowest BCUT2D eigenvalue weighted by atomic mass is 9.97. The van der Waals surface area contributed by atoms with Crippen molar-refractivity contribution >= 4 is 16.7 Å². The van der Waals surface area contributed by atoms with Gasteiger partial charge >= 0.3 is 6.18 Å². The molecule has 1 saturated heterocycles. The molecule has 1 aliphatic rings. The third-order valence-electron chi connectivity index (χ3n) is 6.05. The molecule has 172 valence electrons. The van der Waals surface area contributed by atoms with Crippen LogP contribution in [0.1, 0.15) is 48.4 Å². The van der Waals surface area contributed by atoms with Crippen LogP contribution >= 0.6 is 0 Å². The van der Waals surface area contributed by atoms with Gasteiger partial charge in [-0.05, 0) is 62.6 Å². The van der Waals surface area contributed by atoms with E-state index in [0.717, 1.165) is 31.6 Å². The number of aryl methyl sites for hydroxylation is 1. The maximum absolute atomic E-state index is 13.1. The van der Waals surface area contributed by atoms with Crippen LogP contribution in [0.3, 0.4) is 0 Å². The molecule has 0 aliphatic carbocycles. The molecular weight excluding hydrogens is 421 g/mol. The van der Waals surface area contributed by atoms with Gasteiger partial charge in [-0.3, -0.25) is 4.90 Å². The summed E-state index contributed by atoms with van der Waals surface area (Å²) < 4.78 is 45.0. The molecular formula is C24H27F3N2O3. The van der Waals surface area contributed by atoms with Crippen LogP contribution in [-0.2, 0) is 12.7 Å². The largest absolute Gasteiger partial charge is 0.508 e. The highest BCUT2D eigenvalue weighted by Crippen LogP contribution is 2.39. The van der Waals surface area contributed by atoms with Gasteiger partial charge < -0.3 is 19.9 Å². The number of phenolic OH excluding ortho intramolecular Hbond substituents is 1. The molecule has 5 nitrogen and oxygen atoms in total. The number of hydrogen-bond acceptors (Lipinski definition) is 5. The maximum Gasteiger partial charge on any atom is 0.416 e. The quantitative estimate of drug-likeness (QED) is 0.431. The highest BCUT2D eigenvalue weighted by molar-refractivity contribution is 5.88. The minimum absolute atomic E-state index is 0.101. The van der Waals surface area contributed by atoms with E-state index in [1.165, 1.54) is 18.6 Å². The molecule has 3 aromatic rings. The van der Waals surface area contributed by atoms with Crippen molar-refractivity contribution in [2.45, 2.75) is 45.6 Å². The zero-order valence-corrected chi connectivity index (χ0v) is 18.0. The number of furan rings is 1. The summed E-state index contributed by atoms with van der Waals surface area (Å²) in [5.74, 6) is 1.10. The minimum atomic E-state index is -4.48. The Morgan fingerprint density at radius 1 is 1.25 bits per heavy atom. The summed E-state index contributed by atoms with van der Waals surface area (Å²) in [6.45, 7) is 6.21. The van der Waals surface area contributed by atoms with Gasteiger partial charge in [0.1, 0.15) is 17.1 Å². The third kappa shape index (κ3) is 4.56. The van der Waals surface area contributed by atoms with Crippen LogP contribution in [0.5, 0.6) is 5.75 Å². The van der Waals surface area contributed by atoms with Gasteiger partial charge in [0.15, 0.2) is 6.23 Å². The molecule has 0 saturated carbocycles. The predicted octanol–water partition coefficient (Wildman–Crippen LogP) is 5.80. The van der Waals surface area contributed by atoms with Crippen LogP contribution in [0.15, 0.2) is 40.8 Å². The van der Waals surface area contributed by atoms with Crippen molar-refractivity contribution < 1.29 is 27.8 Å². The van der Waals surface area contributed by atoms with E-state index >= 15 is 0 Å². The first-order chi connectivity index (χ1) is 15.1. The van der Waals surface area contributed by atoms with Crippen molar-refractivity contribution in [1.82, 2.24) is 4.90 Å². The van der Waals surface area contributed by atoms with Crippen molar-refractivity contribution in [3.63, 3.8) is 0 Å². The second-order valence-electron chi connectivity index (χ2n) is 8.62. The first kappa shape index (κ1) is 22.5.